The van der Waals surface area contributed by atoms with Crippen molar-refractivity contribution in [1.82, 2.24) is 0 Å². The molecule has 0 unspecified atom stereocenters. The summed E-state index contributed by atoms with van der Waals surface area (Å²) in [5.74, 6) is 0. The van der Waals surface area contributed by atoms with E-state index in [2.05, 4.69) is 0 Å². The maximum Gasteiger partial charge on any atom is 0 e. The van der Waals surface area contributed by atoms with Crippen LogP contribution in [0.1, 0.15) is 0 Å². The summed E-state index contributed by atoms with van der Waals surface area (Å²) >= 11 is 0. The maximum atomic E-state index is 0. The van der Waals surface area contributed by atoms with Crippen LogP contribution >= 0.6 is 0 Å². The molecular weight excluding hydrogens is 510 g/mol. The van der Waals surface area contributed by atoms with Gasteiger partial charge in [0.25, 0.3) is 0 Å². The molecule has 4 heteroatoms. The summed E-state index contributed by atoms with van der Waals surface area (Å²) < 4.78 is 0. The first-order chi connectivity index (χ1) is 0. The normalized spacial score (nSPS) is 0. The van der Waals surface area contributed by atoms with Crippen LogP contribution in [0.5, 0.6) is 0 Å². The van der Waals surface area contributed by atoms with Crippen LogP contribution in [0, 0.1) is 0 Å². The van der Waals surface area contributed by atoms with Gasteiger partial charge in [-0.05, 0) is 0 Å². The topological polar surface area (TPSA) is 0 Å². The molecule has 0 saturated carbocycles. The smallest absolute Gasteiger partial charge is 0 e. The third-order valence-corrected chi connectivity index (χ3v) is 0. The van der Waals surface area contributed by atoms with Crippen molar-refractivity contribution in [3.63, 3.8) is 0 Å². The Labute approximate surface area is 135 Å². The molecule has 6 radical (unpaired) electrons. The quantitative estimate of drug-likeness (QED) is 0.362. The number of hydrogen-bond donors (Lipinski definition) is 0. The molecule has 0 aliphatic carbocycles. The van der Waals surface area contributed by atoms with Gasteiger partial charge in [-0.3, -0.25) is 0 Å². The first-order valence-corrected chi connectivity index (χ1v) is 0. The molecule has 0 aromatic rings. The number of rotatable bonds is 0. The molecule has 0 bridgehead atoms. The maximum absolute atomic E-state index is 0. The molecule has 0 N–H and O–H groups in total. The van der Waals surface area contributed by atoms with E-state index in [4.69, 9.17) is 0 Å². The summed E-state index contributed by atoms with van der Waals surface area (Å²) in [6, 6.07) is 0. The van der Waals surface area contributed by atoms with Gasteiger partial charge in [0.1, 0.15) is 0 Å². The predicted octanol–water partition coefficient (Wildman–Crippen LogP) is -1.14. The van der Waals surface area contributed by atoms with Gasteiger partial charge in [-0.15, -0.1) is 0 Å². The SMILES string of the molecule is [Cs].[Sb].[Tl].[V]. The van der Waals surface area contributed by atoms with E-state index < -0.39 is 0 Å². The van der Waals surface area contributed by atoms with Crippen molar-refractivity contribution < 1.29 is 18.6 Å². The molecular formula is CsSbTlV. The third kappa shape index (κ3) is 9.62. The van der Waals surface area contributed by atoms with Gasteiger partial charge in [0, 0.05) is 139 Å². The van der Waals surface area contributed by atoms with Gasteiger partial charge in [-0.2, -0.15) is 0 Å². The third-order valence-electron chi connectivity index (χ3n) is 0. The fourth-order valence-corrected chi connectivity index (χ4v) is 0. The Balaban J connectivity index is 0. The van der Waals surface area contributed by atoms with Crippen molar-refractivity contribution in [2.75, 3.05) is 0 Å². The van der Waals surface area contributed by atoms with Crippen molar-refractivity contribution in [2.24, 2.45) is 0 Å². The Morgan fingerprint density at radius 2 is 1.00 bits per heavy atom. The van der Waals surface area contributed by atoms with Crippen LogP contribution in [0.2, 0.25) is 0 Å². The van der Waals surface area contributed by atoms with Crippen molar-refractivity contribution in [2.45, 2.75) is 0 Å². The van der Waals surface area contributed by atoms with Crippen LogP contribution in [-0.4, -0.2) is 121 Å². The molecule has 0 aliphatic rings. The van der Waals surface area contributed by atoms with Gasteiger partial charge in [0.15, 0.2) is 0 Å². The molecule has 0 nitrogen and oxygen atoms in total. The molecule has 4 heavy (non-hydrogen) atoms. The van der Waals surface area contributed by atoms with E-state index in [1.807, 2.05) is 0 Å². The molecule has 0 amide bonds. The minimum absolute atomic E-state index is 0. The van der Waals surface area contributed by atoms with E-state index in [0.717, 1.165) is 0 Å². The first-order valence-electron chi connectivity index (χ1n) is 0. The van der Waals surface area contributed by atoms with E-state index in [0.29, 0.717) is 0 Å². The van der Waals surface area contributed by atoms with E-state index >= 15 is 0 Å². The van der Waals surface area contributed by atoms with Crippen molar-refractivity contribution in [3.8, 4) is 0 Å². The van der Waals surface area contributed by atoms with E-state index in [1.54, 1.807) is 0 Å². The van der Waals surface area contributed by atoms with E-state index in [1.165, 1.54) is 0 Å². The summed E-state index contributed by atoms with van der Waals surface area (Å²) in [5.41, 5.74) is 0. The second-order valence-electron chi connectivity index (χ2n) is 0. The van der Waals surface area contributed by atoms with Gasteiger partial charge in [0.05, 0.1) is 0 Å². The zero-order chi connectivity index (χ0) is 0. The van der Waals surface area contributed by atoms with Crippen LogP contribution in [0.3, 0.4) is 0 Å². The Bertz CT molecular complexity index is 8.00. The fourth-order valence-electron chi connectivity index (χ4n) is 0. The van der Waals surface area contributed by atoms with Gasteiger partial charge in [0.2, 0.25) is 0 Å². The molecule has 0 heterocycles. The van der Waals surface area contributed by atoms with Crippen molar-refractivity contribution in [3.05, 3.63) is 0 Å². The zero-order valence-electron chi connectivity index (χ0n) is 2.47. The predicted molar refractivity (Wildman–Crippen MR) is 17.3 cm³/mol. The zero-order valence-corrected chi connectivity index (χ0v) is 17.2. The molecule has 0 aromatic carbocycles. The standard InChI is InChI=1S/Cs.Sb.Tl.V. The summed E-state index contributed by atoms with van der Waals surface area (Å²) in [6.45, 7) is 0. The van der Waals surface area contributed by atoms with Crippen LogP contribution in [0.15, 0.2) is 0 Å². The van der Waals surface area contributed by atoms with Crippen molar-refractivity contribution in [1.29, 1.82) is 0 Å². The van der Waals surface area contributed by atoms with E-state index in [9.17, 15) is 0 Å². The second kappa shape index (κ2) is 15.7. The minimum atomic E-state index is 0. The summed E-state index contributed by atoms with van der Waals surface area (Å²) in [6.07, 6.45) is 0. The van der Waals surface area contributed by atoms with Crippen LogP contribution in [-0.2, 0) is 18.6 Å². The molecule has 14 valence electrons. The molecule has 0 fully saturated rings. The summed E-state index contributed by atoms with van der Waals surface area (Å²) in [4.78, 5) is 0. The van der Waals surface area contributed by atoms with E-state index in [-0.39, 0.29) is 139 Å². The van der Waals surface area contributed by atoms with Crippen LogP contribution in [0.4, 0.5) is 0 Å². The Morgan fingerprint density at radius 1 is 1.00 bits per heavy atom. The largest absolute Gasteiger partial charge is 0 e. The second-order valence-corrected chi connectivity index (χ2v) is 0. The molecule has 0 aliphatic heterocycles. The number of hydrogen-bond acceptors (Lipinski definition) is 0. The Kier molecular flexibility index (Phi) is 93.2. The Hall–Kier alpha value is 4.38. The average Bonchev–Trinajstić information content (AvgIpc) is 0. The molecule has 0 saturated heterocycles. The molecule has 0 spiro atoms. The van der Waals surface area contributed by atoms with Gasteiger partial charge in [-0.25, -0.2) is 0 Å². The molecule has 0 aromatic heterocycles. The monoisotopic (exact) mass is 510 g/mol. The van der Waals surface area contributed by atoms with Crippen LogP contribution in [0.25, 0.3) is 0 Å². The average molecular weight is 510 g/mol. The molecule has 0 rings (SSSR count). The van der Waals surface area contributed by atoms with Gasteiger partial charge < -0.3 is 0 Å². The van der Waals surface area contributed by atoms with Crippen molar-refractivity contribution >= 4 is 121 Å². The van der Waals surface area contributed by atoms with Crippen LogP contribution < -0.4 is 0 Å². The Morgan fingerprint density at radius 3 is 1.00 bits per heavy atom. The molecule has 0 atom stereocenters. The van der Waals surface area contributed by atoms with Gasteiger partial charge in [-0.1, -0.05) is 0 Å². The first kappa shape index (κ1) is 23.8. The van der Waals surface area contributed by atoms with Gasteiger partial charge >= 0.3 is 0 Å². The summed E-state index contributed by atoms with van der Waals surface area (Å²) in [7, 11) is 0. The summed E-state index contributed by atoms with van der Waals surface area (Å²) in [5, 5.41) is 0. The fraction of sp³-hybridized carbons (Fsp3) is 0. The minimum Gasteiger partial charge on any atom is 0 e.